The number of benzene rings is 1. The van der Waals surface area contributed by atoms with E-state index < -0.39 is 0 Å². The van der Waals surface area contributed by atoms with Crippen molar-refractivity contribution in [3.05, 3.63) is 29.6 Å². The first-order valence-corrected chi connectivity index (χ1v) is 6.93. The second-order valence-corrected chi connectivity index (χ2v) is 5.29. The topological polar surface area (TPSA) is 29.9 Å². The Bertz CT molecular complexity index is 550. The summed E-state index contributed by atoms with van der Waals surface area (Å²) in [5.41, 5.74) is 3.83. The standard InChI is InChI=1S/C15H21N3/c1-3-12-5-4-6-13-15(12)17-14(18(13)2)9-11-7-8-16-10-11/h4-6,11,16H,3,7-10H2,1-2H3. The van der Waals surface area contributed by atoms with Gasteiger partial charge in [-0.05, 0) is 43.5 Å². The SMILES string of the molecule is CCc1cccc2c1nc(CC1CCNC1)n2C. The summed E-state index contributed by atoms with van der Waals surface area (Å²) in [6.07, 6.45) is 3.43. The number of aryl methyl sites for hydroxylation is 2. The lowest BCUT2D eigenvalue weighted by molar-refractivity contribution is 0.552. The van der Waals surface area contributed by atoms with Gasteiger partial charge in [-0.2, -0.15) is 0 Å². The van der Waals surface area contributed by atoms with Gasteiger partial charge in [-0.3, -0.25) is 0 Å². The largest absolute Gasteiger partial charge is 0.331 e. The van der Waals surface area contributed by atoms with Gasteiger partial charge in [-0.25, -0.2) is 4.98 Å². The van der Waals surface area contributed by atoms with Crippen LogP contribution in [0.3, 0.4) is 0 Å². The van der Waals surface area contributed by atoms with Crippen LogP contribution in [0.15, 0.2) is 18.2 Å². The minimum Gasteiger partial charge on any atom is -0.331 e. The number of fused-ring (bicyclic) bond motifs is 1. The van der Waals surface area contributed by atoms with E-state index in [0.717, 1.165) is 31.8 Å². The van der Waals surface area contributed by atoms with Gasteiger partial charge in [0.05, 0.1) is 11.0 Å². The van der Waals surface area contributed by atoms with Crippen molar-refractivity contribution in [1.29, 1.82) is 0 Å². The molecule has 3 rings (SSSR count). The highest BCUT2D eigenvalue weighted by Gasteiger charge is 2.18. The van der Waals surface area contributed by atoms with Crippen LogP contribution in [0.1, 0.15) is 24.7 Å². The molecule has 3 nitrogen and oxygen atoms in total. The van der Waals surface area contributed by atoms with E-state index >= 15 is 0 Å². The molecular weight excluding hydrogens is 222 g/mol. The van der Waals surface area contributed by atoms with Crippen LogP contribution >= 0.6 is 0 Å². The second kappa shape index (κ2) is 4.73. The van der Waals surface area contributed by atoms with Crippen LogP contribution in [0, 0.1) is 5.92 Å². The Morgan fingerprint density at radius 2 is 2.33 bits per heavy atom. The number of imidazole rings is 1. The zero-order chi connectivity index (χ0) is 12.5. The minimum atomic E-state index is 0.755. The van der Waals surface area contributed by atoms with E-state index in [4.69, 9.17) is 4.98 Å². The molecule has 96 valence electrons. The van der Waals surface area contributed by atoms with Crippen molar-refractivity contribution in [2.45, 2.75) is 26.2 Å². The minimum absolute atomic E-state index is 0.755. The van der Waals surface area contributed by atoms with Crippen molar-refractivity contribution in [3.8, 4) is 0 Å². The zero-order valence-electron chi connectivity index (χ0n) is 11.2. The second-order valence-electron chi connectivity index (χ2n) is 5.29. The molecule has 1 unspecified atom stereocenters. The van der Waals surface area contributed by atoms with Gasteiger partial charge in [0.1, 0.15) is 5.82 Å². The molecule has 18 heavy (non-hydrogen) atoms. The fourth-order valence-electron chi connectivity index (χ4n) is 2.94. The molecule has 0 spiro atoms. The van der Waals surface area contributed by atoms with E-state index in [9.17, 15) is 0 Å². The van der Waals surface area contributed by atoms with Crippen LogP contribution in [0.4, 0.5) is 0 Å². The van der Waals surface area contributed by atoms with Gasteiger partial charge in [0.2, 0.25) is 0 Å². The molecule has 1 aliphatic heterocycles. The summed E-state index contributed by atoms with van der Waals surface area (Å²) < 4.78 is 2.27. The monoisotopic (exact) mass is 243 g/mol. The molecule has 1 aliphatic rings. The lowest BCUT2D eigenvalue weighted by atomic mass is 10.0. The van der Waals surface area contributed by atoms with Gasteiger partial charge < -0.3 is 9.88 Å². The van der Waals surface area contributed by atoms with E-state index in [1.165, 1.54) is 28.8 Å². The van der Waals surface area contributed by atoms with E-state index in [2.05, 4.69) is 42.1 Å². The van der Waals surface area contributed by atoms with Gasteiger partial charge in [-0.1, -0.05) is 19.1 Å². The molecule has 0 amide bonds. The summed E-state index contributed by atoms with van der Waals surface area (Å²) in [6, 6.07) is 6.51. The summed E-state index contributed by atoms with van der Waals surface area (Å²) in [5.74, 6) is 1.99. The van der Waals surface area contributed by atoms with E-state index in [1.54, 1.807) is 0 Å². The normalized spacial score (nSPS) is 19.8. The highest BCUT2D eigenvalue weighted by Crippen LogP contribution is 2.22. The number of hydrogen-bond acceptors (Lipinski definition) is 2. The van der Waals surface area contributed by atoms with Crippen molar-refractivity contribution in [3.63, 3.8) is 0 Å². The van der Waals surface area contributed by atoms with Crippen molar-refractivity contribution in [2.24, 2.45) is 13.0 Å². The Balaban J connectivity index is 1.99. The quantitative estimate of drug-likeness (QED) is 0.896. The third kappa shape index (κ3) is 1.93. The first-order chi connectivity index (χ1) is 8.79. The molecule has 1 saturated heterocycles. The molecule has 0 aliphatic carbocycles. The van der Waals surface area contributed by atoms with Gasteiger partial charge in [0.25, 0.3) is 0 Å². The molecule has 0 saturated carbocycles. The van der Waals surface area contributed by atoms with Crippen molar-refractivity contribution < 1.29 is 0 Å². The van der Waals surface area contributed by atoms with Gasteiger partial charge >= 0.3 is 0 Å². The third-order valence-electron chi connectivity index (χ3n) is 4.10. The molecule has 2 heterocycles. The van der Waals surface area contributed by atoms with Gasteiger partial charge in [0, 0.05) is 13.5 Å². The van der Waals surface area contributed by atoms with Gasteiger partial charge in [0.15, 0.2) is 0 Å². The average Bonchev–Trinajstić information content (AvgIpc) is 3.00. The lowest BCUT2D eigenvalue weighted by Crippen LogP contribution is -2.12. The molecule has 1 fully saturated rings. The summed E-state index contributed by atoms with van der Waals surface area (Å²) in [6.45, 7) is 4.50. The first-order valence-electron chi connectivity index (χ1n) is 6.93. The van der Waals surface area contributed by atoms with Crippen LogP contribution < -0.4 is 5.32 Å². The molecule has 1 aromatic carbocycles. The lowest BCUT2D eigenvalue weighted by Gasteiger charge is -2.07. The summed E-state index contributed by atoms with van der Waals surface area (Å²) in [5, 5.41) is 3.43. The van der Waals surface area contributed by atoms with Crippen molar-refractivity contribution >= 4 is 11.0 Å². The summed E-state index contributed by atoms with van der Waals surface area (Å²) >= 11 is 0. The number of aromatic nitrogens is 2. The van der Waals surface area contributed by atoms with Crippen molar-refractivity contribution in [2.75, 3.05) is 13.1 Å². The van der Waals surface area contributed by atoms with Crippen LogP contribution in [0.25, 0.3) is 11.0 Å². The third-order valence-corrected chi connectivity index (χ3v) is 4.10. The maximum absolute atomic E-state index is 4.88. The molecule has 1 atom stereocenters. The predicted molar refractivity (Wildman–Crippen MR) is 74.8 cm³/mol. The number of hydrogen-bond donors (Lipinski definition) is 1. The number of rotatable bonds is 3. The van der Waals surface area contributed by atoms with Crippen LogP contribution in [-0.4, -0.2) is 22.6 Å². The van der Waals surface area contributed by atoms with Crippen LogP contribution in [0.2, 0.25) is 0 Å². The molecule has 1 aromatic heterocycles. The fraction of sp³-hybridized carbons (Fsp3) is 0.533. The Kier molecular flexibility index (Phi) is 3.08. The number of para-hydroxylation sites is 1. The Labute approximate surface area is 108 Å². The molecule has 2 aromatic rings. The molecular formula is C15H21N3. The van der Waals surface area contributed by atoms with E-state index in [1.807, 2.05) is 0 Å². The van der Waals surface area contributed by atoms with Crippen LogP contribution in [0.5, 0.6) is 0 Å². The maximum Gasteiger partial charge on any atom is 0.109 e. The number of nitrogens with one attached hydrogen (secondary N) is 1. The van der Waals surface area contributed by atoms with E-state index in [-0.39, 0.29) is 0 Å². The Hall–Kier alpha value is -1.35. The highest BCUT2D eigenvalue weighted by molar-refractivity contribution is 5.79. The van der Waals surface area contributed by atoms with Gasteiger partial charge in [-0.15, -0.1) is 0 Å². The molecule has 1 N–H and O–H groups in total. The predicted octanol–water partition coefficient (Wildman–Crippen LogP) is 2.29. The molecule has 3 heteroatoms. The summed E-state index contributed by atoms with van der Waals surface area (Å²) in [7, 11) is 2.15. The zero-order valence-corrected chi connectivity index (χ0v) is 11.2. The Morgan fingerprint density at radius 1 is 1.44 bits per heavy atom. The highest BCUT2D eigenvalue weighted by atomic mass is 15.1. The average molecular weight is 243 g/mol. The van der Waals surface area contributed by atoms with Crippen LogP contribution in [-0.2, 0) is 19.9 Å². The number of nitrogens with zero attached hydrogens (tertiary/aromatic N) is 2. The fourth-order valence-corrected chi connectivity index (χ4v) is 2.94. The van der Waals surface area contributed by atoms with Crippen molar-refractivity contribution in [1.82, 2.24) is 14.9 Å². The molecule has 0 radical (unpaired) electrons. The summed E-state index contributed by atoms with van der Waals surface area (Å²) in [4.78, 5) is 4.88. The molecule has 0 bridgehead atoms. The Morgan fingerprint density at radius 3 is 3.06 bits per heavy atom. The van der Waals surface area contributed by atoms with E-state index in [0.29, 0.717) is 0 Å². The first kappa shape index (κ1) is 11.7. The smallest absolute Gasteiger partial charge is 0.109 e. The maximum atomic E-state index is 4.88.